The van der Waals surface area contributed by atoms with Crippen molar-refractivity contribution in [3.63, 3.8) is 0 Å². The van der Waals surface area contributed by atoms with E-state index in [9.17, 15) is 0 Å². The van der Waals surface area contributed by atoms with Crippen LogP contribution in [0, 0.1) is 11.3 Å². The van der Waals surface area contributed by atoms with Crippen LogP contribution in [0.2, 0.25) is 0 Å². The largest absolute Gasteiger partial charge is 0.493 e. The lowest BCUT2D eigenvalue weighted by molar-refractivity contribution is 0.353. The van der Waals surface area contributed by atoms with Crippen LogP contribution in [0.3, 0.4) is 0 Å². The Kier molecular flexibility index (Phi) is 5.31. The smallest absolute Gasteiger partial charge is 0.178 e. The molecule has 0 fully saturated rings. The lowest BCUT2D eigenvalue weighted by Crippen LogP contribution is -2.00. The van der Waals surface area contributed by atoms with Gasteiger partial charge < -0.3 is 15.2 Å². The van der Waals surface area contributed by atoms with E-state index in [0.717, 1.165) is 24.8 Å². The third-order valence-electron chi connectivity index (χ3n) is 2.58. The fourth-order valence-corrected chi connectivity index (χ4v) is 1.72. The van der Waals surface area contributed by atoms with Crippen LogP contribution in [0.4, 0.5) is 0 Å². The van der Waals surface area contributed by atoms with Crippen molar-refractivity contribution in [2.75, 3.05) is 20.8 Å². The van der Waals surface area contributed by atoms with Gasteiger partial charge in [0.1, 0.15) is 6.07 Å². The Morgan fingerprint density at radius 1 is 1.24 bits per heavy atom. The number of methoxy groups -OCH3 is 2. The van der Waals surface area contributed by atoms with Gasteiger partial charge in [0.15, 0.2) is 11.5 Å². The van der Waals surface area contributed by atoms with Gasteiger partial charge in [-0.1, -0.05) is 0 Å². The van der Waals surface area contributed by atoms with Crippen LogP contribution in [-0.4, -0.2) is 20.8 Å². The highest BCUT2D eigenvalue weighted by molar-refractivity contribution is 5.54. The van der Waals surface area contributed by atoms with E-state index in [0.29, 0.717) is 23.6 Å². The van der Waals surface area contributed by atoms with Crippen molar-refractivity contribution in [1.82, 2.24) is 0 Å². The molecule has 0 heterocycles. The van der Waals surface area contributed by atoms with Crippen molar-refractivity contribution in [2.45, 2.75) is 19.3 Å². The first-order valence-electron chi connectivity index (χ1n) is 5.61. The van der Waals surface area contributed by atoms with Crippen LogP contribution >= 0.6 is 0 Å². The normalized spacial score (nSPS) is 9.76. The van der Waals surface area contributed by atoms with E-state index in [-0.39, 0.29) is 0 Å². The molecule has 1 aromatic rings. The predicted molar refractivity (Wildman–Crippen MR) is 66.3 cm³/mol. The van der Waals surface area contributed by atoms with Gasteiger partial charge in [-0.2, -0.15) is 5.26 Å². The zero-order valence-electron chi connectivity index (χ0n) is 10.3. The van der Waals surface area contributed by atoms with Gasteiger partial charge >= 0.3 is 0 Å². The summed E-state index contributed by atoms with van der Waals surface area (Å²) in [4.78, 5) is 0. The molecule has 1 rings (SSSR count). The Morgan fingerprint density at radius 3 is 2.53 bits per heavy atom. The van der Waals surface area contributed by atoms with Crippen LogP contribution in [-0.2, 0) is 6.42 Å². The lowest BCUT2D eigenvalue weighted by atomic mass is 10.0. The van der Waals surface area contributed by atoms with Gasteiger partial charge in [0, 0.05) is 0 Å². The van der Waals surface area contributed by atoms with E-state index >= 15 is 0 Å². The van der Waals surface area contributed by atoms with Crippen LogP contribution < -0.4 is 15.2 Å². The molecule has 2 N–H and O–H groups in total. The Hall–Kier alpha value is -1.73. The lowest BCUT2D eigenvalue weighted by Gasteiger charge is -2.11. The van der Waals surface area contributed by atoms with E-state index in [1.807, 2.05) is 12.1 Å². The molecule has 0 bridgehead atoms. The Bertz CT molecular complexity index is 411. The second kappa shape index (κ2) is 6.77. The quantitative estimate of drug-likeness (QED) is 0.763. The van der Waals surface area contributed by atoms with E-state index in [1.165, 1.54) is 7.11 Å². The maximum Gasteiger partial charge on any atom is 0.178 e. The molecule has 0 aliphatic carbocycles. The highest BCUT2D eigenvalue weighted by atomic mass is 16.5. The minimum absolute atomic E-state index is 0.498. The predicted octanol–water partition coefficient (Wildman–Crippen LogP) is 1.86. The fourth-order valence-electron chi connectivity index (χ4n) is 1.72. The van der Waals surface area contributed by atoms with Crippen molar-refractivity contribution in [3.8, 4) is 17.6 Å². The molecule has 1 aromatic carbocycles. The number of nitriles is 1. The van der Waals surface area contributed by atoms with Gasteiger partial charge in [0.2, 0.25) is 0 Å². The zero-order valence-corrected chi connectivity index (χ0v) is 10.3. The Morgan fingerprint density at radius 2 is 2.00 bits per heavy atom. The number of ether oxygens (including phenoxy) is 2. The van der Waals surface area contributed by atoms with Gasteiger partial charge in [-0.15, -0.1) is 0 Å². The van der Waals surface area contributed by atoms with Gasteiger partial charge in [-0.25, -0.2) is 0 Å². The molecule has 0 unspecified atom stereocenters. The molecule has 0 radical (unpaired) electrons. The molecular weight excluding hydrogens is 216 g/mol. The van der Waals surface area contributed by atoms with Crippen LogP contribution in [0.5, 0.6) is 11.5 Å². The van der Waals surface area contributed by atoms with E-state index < -0.39 is 0 Å². The van der Waals surface area contributed by atoms with Gasteiger partial charge in [0.05, 0.1) is 19.8 Å². The summed E-state index contributed by atoms with van der Waals surface area (Å²) >= 11 is 0. The molecular formula is C13H18N2O2. The molecule has 17 heavy (non-hydrogen) atoms. The summed E-state index contributed by atoms with van der Waals surface area (Å²) in [5, 5.41) is 9.06. The molecule has 0 saturated heterocycles. The zero-order chi connectivity index (χ0) is 12.7. The summed E-state index contributed by atoms with van der Waals surface area (Å²) in [7, 11) is 3.11. The number of nitrogens with zero attached hydrogens (tertiary/aromatic N) is 1. The van der Waals surface area contributed by atoms with Crippen molar-refractivity contribution in [1.29, 1.82) is 5.26 Å². The number of aryl methyl sites for hydroxylation is 1. The SMILES string of the molecule is COc1cc(CCCCN)cc(C#N)c1OC. The number of rotatable bonds is 6. The number of hydrogen-bond donors (Lipinski definition) is 1. The standard InChI is InChI=1S/C13H18N2O2/c1-16-12-8-10(5-3-4-6-14)7-11(9-15)13(12)17-2/h7-8H,3-6,14H2,1-2H3. The molecule has 0 spiro atoms. The highest BCUT2D eigenvalue weighted by Crippen LogP contribution is 2.32. The second-order valence-corrected chi connectivity index (χ2v) is 3.74. The molecule has 0 amide bonds. The molecule has 4 heteroatoms. The van der Waals surface area contributed by atoms with E-state index in [2.05, 4.69) is 6.07 Å². The van der Waals surface area contributed by atoms with E-state index in [4.69, 9.17) is 20.5 Å². The minimum Gasteiger partial charge on any atom is -0.493 e. The summed E-state index contributed by atoms with van der Waals surface area (Å²) in [5.41, 5.74) is 7.04. The summed E-state index contributed by atoms with van der Waals surface area (Å²) in [5.74, 6) is 1.10. The third-order valence-corrected chi connectivity index (χ3v) is 2.58. The number of benzene rings is 1. The van der Waals surface area contributed by atoms with E-state index in [1.54, 1.807) is 7.11 Å². The molecule has 0 aromatic heterocycles. The van der Waals surface area contributed by atoms with Crippen molar-refractivity contribution < 1.29 is 9.47 Å². The topological polar surface area (TPSA) is 68.3 Å². The average molecular weight is 234 g/mol. The summed E-state index contributed by atoms with van der Waals surface area (Å²) < 4.78 is 10.4. The Balaban J connectivity index is 2.97. The summed E-state index contributed by atoms with van der Waals surface area (Å²) in [6.07, 6.45) is 2.89. The second-order valence-electron chi connectivity index (χ2n) is 3.74. The number of unbranched alkanes of at least 4 members (excludes halogenated alkanes) is 1. The van der Waals surface area contributed by atoms with Crippen LogP contribution in [0.15, 0.2) is 12.1 Å². The maximum atomic E-state index is 9.06. The Labute approximate surface area is 102 Å². The summed E-state index contributed by atoms with van der Waals surface area (Å²) in [6.45, 7) is 0.693. The average Bonchev–Trinajstić information content (AvgIpc) is 2.37. The first-order chi connectivity index (χ1) is 8.26. The molecule has 0 atom stereocenters. The number of nitrogens with two attached hydrogens (primary N) is 1. The van der Waals surface area contributed by atoms with Crippen LogP contribution in [0.1, 0.15) is 24.0 Å². The van der Waals surface area contributed by atoms with Crippen molar-refractivity contribution >= 4 is 0 Å². The van der Waals surface area contributed by atoms with Gasteiger partial charge in [-0.05, 0) is 43.5 Å². The fraction of sp³-hybridized carbons (Fsp3) is 0.462. The minimum atomic E-state index is 0.498. The van der Waals surface area contributed by atoms with Crippen molar-refractivity contribution in [3.05, 3.63) is 23.3 Å². The monoisotopic (exact) mass is 234 g/mol. The molecule has 4 nitrogen and oxygen atoms in total. The third kappa shape index (κ3) is 3.36. The first-order valence-corrected chi connectivity index (χ1v) is 5.61. The first kappa shape index (κ1) is 13.3. The molecule has 0 saturated carbocycles. The number of hydrogen-bond acceptors (Lipinski definition) is 4. The van der Waals surface area contributed by atoms with Gasteiger partial charge in [0.25, 0.3) is 0 Å². The van der Waals surface area contributed by atoms with Crippen LogP contribution in [0.25, 0.3) is 0 Å². The molecule has 92 valence electrons. The highest BCUT2D eigenvalue weighted by Gasteiger charge is 2.11. The molecule has 0 aliphatic rings. The van der Waals surface area contributed by atoms with Crippen molar-refractivity contribution in [2.24, 2.45) is 5.73 Å². The molecule has 0 aliphatic heterocycles. The maximum absolute atomic E-state index is 9.06. The van der Waals surface area contributed by atoms with Gasteiger partial charge in [-0.3, -0.25) is 0 Å². The summed E-state index contributed by atoms with van der Waals surface area (Å²) in [6, 6.07) is 5.88.